The summed E-state index contributed by atoms with van der Waals surface area (Å²) in [6.07, 6.45) is 7.21. The molecule has 1 aromatic carbocycles. The maximum atomic E-state index is 14.7. The lowest BCUT2D eigenvalue weighted by Crippen LogP contribution is -2.10. The van der Waals surface area contributed by atoms with E-state index in [1.54, 1.807) is 12.1 Å². The first-order valence-electron chi connectivity index (χ1n) is 8.14. The van der Waals surface area contributed by atoms with Crippen LogP contribution >= 0.6 is 0 Å². The van der Waals surface area contributed by atoms with Gasteiger partial charge in [-0.2, -0.15) is 8.78 Å². The monoisotopic (exact) mass is 364 g/mol. The van der Waals surface area contributed by atoms with Crippen LogP contribution in [0.3, 0.4) is 0 Å². The Balaban J connectivity index is 2.20. The normalized spacial score (nSPS) is 15.0. The van der Waals surface area contributed by atoms with Crippen LogP contribution in [0.4, 0.5) is 17.6 Å². The molecule has 3 rings (SSSR count). The highest BCUT2D eigenvalue weighted by Gasteiger charge is 2.30. The maximum Gasteiger partial charge on any atom is 0.204 e. The number of unbranched alkanes of at least 4 members (excludes halogenated alkanes) is 1. The van der Waals surface area contributed by atoms with Crippen LogP contribution in [0, 0.1) is 23.3 Å². The second-order valence-electron chi connectivity index (χ2n) is 5.64. The zero-order valence-corrected chi connectivity index (χ0v) is 14.0. The van der Waals surface area contributed by atoms with E-state index in [2.05, 4.69) is 9.98 Å². The summed E-state index contributed by atoms with van der Waals surface area (Å²) in [6.45, 7) is 1.81. The fourth-order valence-corrected chi connectivity index (χ4v) is 2.61. The van der Waals surface area contributed by atoms with Gasteiger partial charge in [-0.05, 0) is 30.7 Å². The van der Waals surface area contributed by atoms with Crippen LogP contribution in [0.1, 0.15) is 31.0 Å². The topological polar surface area (TPSA) is 37.4 Å². The Hall–Kier alpha value is -2.83. The largest absolute Gasteiger partial charge is 0.487 e. The van der Waals surface area contributed by atoms with Gasteiger partial charge < -0.3 is 9.72 Å². The molecule has 0 radical (unpaired) electrons. The fraction of sp³-hybridized carbons (Fsp3) is 0.211. The molecular weight excluding hydrogens is 348 g/mol. The molecule has 0 spiro atoms. The van der Waals surface area contributed by atoms with Crippen LogP contribution in [0.15, 0.2) is 41.2 Å². The van der Waals surface area contributed by atoms with Crippen molar-refractivity contribution < 1.29 is 22.3 Å². The molecule has 0 amide bonds. The van der Waals surface area contributed by atoms with Gasteiger partial charge >= 0.3 is 0 Å². The molecule has 0 atom stereocenters. The van der Waals surface area contributed by atoms with Gasteiger partial charge in [-0.3, -0.25) is 4.99 Å². The number of hydrogen-bond donors (Lipinski definition) is 1. The zero-order valence-electron chi connectivity index (χ0n) is 14.0. The Bertz CT molecular complexity index is 856. The summed E-state index contributed by atoms with van der Waals surface area (Å²) in [5.74, 6) is -7.22. The van der Waals surface area contributed by atoms with Crippen molar-refractivity contribution in [2.45, 2.75) is 19.8 Å². The summed E-state index contributed by atoms with van der Waals surface area (Å²) < 4.78 is 63.2. The average Bonchev–Trinajstić information content (AvgIpc) is 3.34. The summed E-state index contributed by atoms with van der Waals surface area (Å²) >= 11 is 0. The molecule has 0 bridgehead atoms. The minimum atomic E-state index is -1.56. The van der Waals surface area contributed by atoms with Crippen molar-refractivity contribution in [2.75, 3.05) is 6.61 Å². The minimum Gasteiger partial charge on any atom is -0.487 e. The number of aliphatic imine (C=N–C) groups is 1. The number of halogens is 4. The van der Waals surface area contributed by atoms with Gasteiger partial charge in [0.15, 0.2) is 17.4 Å². The van der Waals surface area contributed by atoms with E-state index in [1.165, 1.54) is 24.6 Å². The van der Waals surface area contributed by atoms with Crippen molar-refractivity contribution >= 4 is 11.8 Å². The smallest absolute Gasteiger partial charge is 0.204 e. The molecule has 0 aliphatic carbocycles. The number of aromatic nitrogens is 1. The second-order valence-corrected chi connectivity index (χ2v) is 5.64. The lowest BCUT2D eigenvalue weighted by atomic mass is 9.98. The van der Waals surface area contributed by atoms with Gasteiger partial charge in [-0.1, -0.05) is 13.3 Å². The number of hydrogen-bond acceptors (Lipinski definition) is 2. The minimum absolute atomic E-state index is 0.0415. The van der Waals surface area contributed by atoms with Gasteiger partial charge in [-0.15, -0.1) is 0 Å². The van der Waals surface area contributed by atoms with Crippen molar-refractivity contribution in [1.29, 1.82) is 0 Å². The number of rotatable bonds is 6. The van der Waals surface area contributed by atoms with Gasteiger partial charge in [0.1, 0.15) is 0 Å². The Morgan fingerprint density at radius 3 is 2.38 bits per heavy atom. The van der Waals surface area contributed by atoms with Crippen LogP contribution in [0.25, 0.3) is 5.57 Å². The standard InChI is InChI=1S/C19H16F4N2O/c1-2-3-10-26-19-17(22)15(20)14(16(21)18(19)23)13(11-6-4-8-24-11)12-7-5-9-25-12/h4-9,24H,2-3,10H2,1H3. The van der Waals surface area contributed by atoms with Gasteiger partial charge in [0, 0.05) is 23.7 Å². The fourth-order valence-electron chi connectivity index (χ4n) is 2.61. The molecule has 1 aliphatic heterocycles. The molecule has 7 heteroatoms. The number of allylic oxidation sites excluding steroid dienone is 2. The molecule has 0 saturated carbocycles. The van der Waals surface area contributed by atoms with Gasteiger partial charge in [0.05, 0.1) is 17.9 Å². The Morgan fingerprint density at radius 2 is 1.85 bits per heavy atom. The van der Waals surface area contributed by atoms with Crippen LogP contribution < -0.4 is 4.74 Å². The molecule has 1 aliphatic rings. The predicted octanol–water partition coefficient (Wildman–Crippen LogP) is 5.15. The number of nitrogens with zero attached hydrogens (tertiary/aromatic N) is 1. The molecule has 0 saturated heterocycles. The van der Waals surface area contributed by atoms with E-state index in [-0.39, 0.29) is 23.6 Å². The van der Waals surface area contributed by atoms with E-state index in [0.717, 1.165) is 0 Å². The van der Waals surface area contributed by atoms with Crippen molar-refractivity contribution in [3.05, 3.63) is 70.7 Å². The molecule has 0 fully saturated rings. The number of nitrogens with one attached hydrogen (secondary N) is 1. The van der Waals surface area contributed by atoms with Gasteiger partial charge in [0.25, 0.3) is 0 Å². The van der Waals surface area contributed by atoms with Crippen LogP contribution in [0.5, 0.6) is 5.75 Å². The van der Waals surface area contributed by atoms with E-state index in [1.807, 2.05) is 6.92 Å². The summed E-state index contributed by atoms with van der Waals surface area (Å²) in [5.41, 5.74) is -0.444. The molecule has 1 N–H and O–H groups in total. The van der Waals surface area contributed by atoms with Gasteiger partial charge in [0.2, 0.25) is 11.6 Å². The van der Waals surface area contributed by atoms with Crippen LogP contribution in [-0.2, 0) is 0 Å². The highest BCUT2D eigenvalue weighted by atomic mass is 19.2. The molecule has 3 nitrogen and oxygen atoms in total. The van der Waals surface area contributed by atoms with Crippen molar-refractivity contribution in [2.24, 2.45) is 4.99 Å². The van der Waals surface area contributed by atoms with E-state index in [9.17, 15) is 17.6 Å². The average molecular weight is 364 g/mol. The first-order valence-corrected chi connectivity index (χ1v) is 8.14. The Kier molecular flexibility index (Phi) is 5.25. The third kappa shape index (κ3) is 3.16. The Labute approximate surface area is 147 Å². The third-order valence-corrected chi connectivity index (χ3v) is 3.89. The number of ether oxygens (including phenoxy) is 1. The molecule has 2 heterocycles. The van der Waals surface area contributed by atoms with Gasteiger partial charge in [-0.25, -0.2) is 8.78 Å². The van der Waals surface area contributed by atoms with Crippen molar-refractivity contribution in [1.82, 2.24) is 4.98 Å². The molecule has 2 aromatic rings. The number of benzene rings is 1. The van der Waals surface area contributed by atoms with E-state index in [0.29, 0.717) is 12.8 Å². The summed E-state index contributed by atoms with van der Waals surface area (Å²) in [4.78, 5) is 6.79. The molecule has 1 aromatic heterocycles. The van der Waals surface area contributed by atoms with E-state index < -0.39 is 34.6 Å². The highest BCUT2D eigenvalue weighted by Crippen LogP contribution is 2.38. The molecular formula is C19H16F4N2O. The predicted molar refractivity (Wildman–Crippen MR) is 91.1 cm³/mol. The van der Waals surface area contributed by atoms with E-state index >= 15 is 0 Å². The third-order valence-electron chi connectivity index (χ3n) is 3.89. The molecule has 0 unspecified atom stereocenters. The first-order chi connectivity index (χ1) is 12.6. The zero-order chi connectivity index (χ0) is 18.7. The number of H-pyrrole nitrogens is 1. The Morgan fingerprint density at radius 1 is 1.12 bits per heavy atom. The van der Waals surface area contributed by atoms with Crippen LogP contribution in [0.2, 0.25) is 0 Å². The van der Waals surface area contributed by atoms with Crippen molar-refractivity contribution in [3.63, 3.8) is 0 Å². The number of aromatic amines is 1. The molecule has 26 heavy (non-hydrogen) atoms. The summed E-state index contributed by atoms with van der Waals surface area (Å²) in [6, 6.07) is 3.13. The quantitative estimate of drug-likeness (QED) is 0.430. The van der Waals surface area contributed by atoms with Crippen molar-refractivity contribution in [3.8, 4) is 5.75 Å². The van der Waals surface area contributed by atoms with E-state index in [4.69, 9.17) is 4.74 Å². The second kappa shape index (κ2) is 7.59. The first kappa shape index (κ1) is 18.0. The maximum absolute atomic E-state index is 14.7. The summed E-state index contributed by atoms with van der Waals surface area (Å²) in [7, 11) is 0. The van der Waals surface area contributed by atoms with Crippen LogP contribution in [-0.4, -0.2) is 17.8 Å². The lowest BCUT2D eigenvalue weighted by molar-refractivity contribution is 0.266. The molecule has 136 valence electrons. The lowest BCUT2D eigenvalue weighted by Gasteiger charge is -2.15. The summed E-state index contributed by atoms with van der Waals surface area (Å²) in [5, 5.41) is 0. The SMILES string of the molecule is CCCCOc1c(F)c(F)c(C(=C2C=CC=N2)c2ccc[nH]2)c(F)c1F. The highest BCUT2D eigenvalue weighted by molar-refractivity contribution is 5.88.